The van der Waals surface area contributed by atoms with Crippen LogP contribution in [0, 0.1) is 0 Å². The predicted molar refractivity (Wildman–Crippen MR) is 72.6 cm³/mol. The average molecular weight is 261 g/mol. The first-order valence-electron chi connectivity index (χ1n) is 6.50. The van der Waals surface area contributed by atoms with E-state index in [1.165, 1.54) is 4.90 Å². The van der Waals surface area contributed by atoms with Crippen molar-refractivity contribution in [2.24, 2.45) is 0 Å². The van der Waals surface area contributed by atoms with Crippen LogP contribution in [0.25, 0.3) is 0 Å². The van der Waals surface area contributed by atoms with Gasteiger partial charge in [-0.25, -0.2) is 4.79 Å². The summed E-state index contributed by atoms with van der Waals surface area (Å²) in [6.45, 7) is 4.77. The van der Waals surface area contributed by atoms with E-state index in [1.54, 1.807) is 6.92 Å². The van der Waals surface area contributed by atoms with Gasteiger partial charge in [0.25, 0.3) is 0 Å². The van der Waals surface area contributed by atoms with Crippen LogP contribution in [0.15, 0.2) is 30.3 Å². The molecule has 2 rings (SSSR count). The molecule has 0 aromatic heterocycles. The van der Waals surface area contributed by atoms with Gasteiger partial charge >= 0.3 is 6.03 Å². The largest absolute Gasteiger partial charge is 0.336 e. The van der Waals surface area contributed by atoms with Gasteiger partial charge in [-0.2, -0.15) is 0 Å². The second-order valence-corrected chi connectivity index (χ2v) is 4.74. The minimum absolute atomic E-state index is 0.0609. The SMILES string of the molecule is C[C@H](N[C@@H](C)c1ccccc1)C(=O)N1CCNC1=O. The lowest BCUT2D eigenvalue weighted by atomic mass is 10.1. The molecule has 19 heavy (non-hydrogen) atoms. The van der Waals surface area contributed by atoms with Crippen molar-refractivity contribution in [3.8, 4) is 0 Å². The first-order valence-corrected chi connectivity index (χ1v) is 6.50. The normalized spacial score (nSPS) is 18.0. The molecule has 1 heterocycles. The number of hydrogen-bond donors (Lipinski definition) is 2. The van der Waals surface area contributed by atoms with Crippen LogP contribution >= 0.6 is 0 Å². The molecular formula is C14H19N3O2. The lowest BCUT2D eigenvalue weighted by Gasteiger charge is -2.22. The molecule has 102 valence electrons. The van der Waals surface area contributed by atoms with Crippen LogP contribution in [0.2, 0.25) is 0 Å². The number of rotatable bonds is 4. The van der Waals surface area contributed by atoms with E-state index >= 15 is 0 Å². The molecule has 1 fully saturated rings. The van der Waals surface area contributed by atoms with Crippen LogP contribution < -0.4 is 10.6 Å². The van der Waals surface area contributed by atoms with Crippen molar-refractivity contribution in [1.29, 1.82) is 0 Å². The maximum atomic E-state index is 12.1. The average Bonchev–Trinajstić information content (AvgIpc) is 2.85. The van der Waals surface area contributed by atoms with E-state index in [-0.39, 0.29) is 24.0 Å². The third kappa shape index (κ3) is 3.12. The van der Waals surface area contributed by atoms with Crippen LogP contribution in [-0.4, -0.2) is 36.0 Å². The summed E-state index contributed by atoms with van der Waals surface area (Å²) >= 11 is 0. The Kier molecular flexibility index (Phi) is 4.16. The quantitative estimate of drug-likeness (QED) is 0.858. The lowest BCUT2D eigenvalue weighted by molar-refractivity contribution is -0.129. The summed E-state index contributed by atoms with van der Waals surface area (Å²) in [5.74, 6) is -0.183. The van der Waals surface area contributed by atoms with Gasteiger partial charge in [0.1, 0.15) is 0 Å². The Balaban J connectivity index is 1.95. The smallest absolute Gasteiger partial charge is 0.324 e. The Morgan fingerprint density at radius 2 is 2.00 bits per heavy atom. The number of benzene rings is 1. The molecule has 2 N–H and O–H groups in total. The molecule has 0 bridgehead atoms. The minimum Gasteiger partial charge on any atom is -0.336 e. The number of hydrogen-bond acceptors (Lipinski definition) is 3. The highest BCUT2D eigenvalue weighted by Gasteiger charge is 2.30. The third-order valence-electron chi connectivity index (χ3n) is 3.29. The Hall–Kier alpha value is -1.88. The van der Waals surface area contributed by atoms with E-state index in [9.17, 15) is 9.59 Å². The zero-order chi connectivity index (χ0) is 13.8. The van der Waals surface area contributed by atoms with Gasteiger partial charge in [-0.15, -0.1) is 0 Å². The zero-order valence-electron chi connectivity index (χ0n) is 11.2. The summed E-state index contributed by atoms with van der Waals surface area (Å²) in [6.07, 6.45) is 0. The molecule has 0 radical (unpaired) electrons. The molecule has 0 unspecified atom stereocenters. The first kappa shape index (κ1) is 13.5. The molecule has 0 spiro atoms. The summed E-state index contributed by atoms with van der Waals surface area (Å²) in [5.41, 5.74) is 1.12. The van der Waals surface area contributed by atoms with Crippen LogP contribution in [-0.2, 0) is 4.79 Å². The Morgan fingerprint density at radius 1 is 1.32 bits per heavy atom. The van der Waals surface area contributed by atoms with Gasteiger partial charge in [-0.1, -0.05) is 30.3 Å². The fraction of sp³-hybridized carbons (Fsp3) is 0.429. The van der Waals surface area contributed by atoms with Gasteiger partial charge in [0, 0.05) is 19.1 Å². The highest BCUT2D eigenvalue weighted by Crippen LogP contribution is 2.13. The summed E-state index contributed by atoms with van der Waals surface area (Å²) in [4.78, 5) is 24.8. The van der Waals surface area contributed by atoms with Crippen LogP contribution in [0.4, 0.5) is 4.79 Å². The topological polar surface area (TPSA) is 61.4 Å². The summed E-state index contributed by atoms with van der Waals surface area (Å²) in [5, 5.41) is 5.85. The van der Waals surface area contributed by atoms with Crippen LogP contribution in [0.1, 0.15) is 25.5 Å². The molecule has 3 amide bonds. The van der Waals surface area contributed by atoms with Crippen molar-refractivity contribution in [2.45, 2.75) is 25.9 Å². The fourth-order valence-electron chi connectivity index (χ4n) is 2.20. The Morgan fingerprint density at radius 3 is 2.58 bits per heavy atom. The molecule has 0 aliphatic carbocycles. The second-order valence-electron chi connectivity index (χ2n) is 4.74. The molecule has 0 saturated carbocycles. The standard InChI is InChI=1S/C14H19N3O2/c1-10(12-6-4-3-5-7-12)16-11(2)13(18)17-9-8-15-14(17)19/h3-7,10-11,16H,8-9H2,1-2H3,(H,15,19)/t10-,11-/m0/s1. The van der Waals surface area contributed by atoms with Crippen molar-refractivity contribution in [3.05, 3.63) is 35.9 Å². The van der Waals surface area contributed by atoms with E-state index in [4.69, 9.17) is 0 Å². The minimum atomic E-state index is -0.390. The number of carbonyl (C=O) groups is 2. The maximum Gasteiger partial charge on any atom is 0.324 e. The number of amides is 3. The highest BCUT2D eigenvalue weighted by molar-refractivity contribution is 5.98. The van der Waals surface area contributed by atoms with Gasteiger partial charge in [-0.3, -0.25) is 15.0 Å². The molecule has 1 aromatic carbocycles. The number of imide groups is 1. The summed E-state index contributed by atoms with van der Waals surface area (Å²) in [6, 6.07) is 9.28. The van der Waals surface area contributed by atoms with Crippen molar-refractivity contribution in [2.75, 3.05) is 13.1 Å². The zero-order valence-corrected chi connectivity index (χ0v) is 11.2. The van der Waals surface area contributed by atoms with Gasteiger partial charge in [-0.05, 0) is 19.4 Å². The van der Waals surface area contributed by atoms with Crippen LogP contribution in [0.3, 0.4) is 0 Å². The Labute approximate surface area is 113 Å². The molecule has 2 atom stereocenters. The van der Waals surface area contributed by atoms with Gasteiger partial charge < -0.3 is 5.32 Å². The maximum absolute atomic E-state index is 12.1. The van der Waals surface area contributed by atoms with Crippen molar-refractivity contribution >= 4 is 11.9 Å². The first-order chi connectivity index (χ1) is 9.09. The summed E-state index contributed by atoms with van der Waals surface area (Å²) in [7, 11) is 0. The van der Waals surface area contributed by atoms with Gasteiger partial charge in [0.05, 0.1) is 6.04 Å². The monoisotopic (exact) mass is 261 g/mol. The predicted octanol–water partition coefficient (Wildman–Crippen LogP) is 1.28. The fourth-order valence-corrected chi connectivity index (χ4v) is 2.20. The number of carbonyl (C=O) groups excluding carboxylic acids is 2. The van der Waals surface area contributed by atoms with E-state index < -0.39 is 0 Å². The van der Waals surface area contributed by atoms with E-state index in [2.05, 4.69) is 10.6 Å². The number of nitrogens with zero attached hydrogens (tertiary/aromatic N) is 1. The van der Waals surface area contributed by atoms with Crippen molar-refractivity contribution in [3.63, 3.8) is 0 Å². The van der Waals surface area contributed by atoms with Crippen molar-refractivity contribution in [1.82, 2.24) is 15.5 Å². The van der Waals surface area contributed by atoms with Gasteiger partial charge in [0.2, 0.25) is 5.91 Å². The number of urea groups is 1. The summed E-state index contributed by atoms with van der Waals surface area (Å²) < 4.78 is 0. The molecule has 1 aromatic rings. The molecule has 1 aliphatic heterocycles. The molecule has 5 nitrogen and oxygen atoms in total. The molecular weight excluding hydrogens is 242 g/mol. The molecule has 1 aliphatic rings. The van der Waals surface area contributed by atoms with Crippen LogP contribution in [0.5, 0.6) is 0 Å². The third-order valence-corrected chi connectivity index (χ3v) is 3.29. The lowest BCUT2D eigenvalue weighted by Crippen LogP contribution is -2.46. The highest BCUT2D eigenvalue weighted by atomic mass is 16.2. The van der Waals surface area contributed by atoms with Gasteiger partial charge in [0.15, 0.2) is 0 Å². The second kappa shape index (κ2) is 5.84. The van der Waals surface area contributed by atoms with E-state index in [0.29, 0.717) is 13.1 Å². The number of nitrogens with one attached hydrogen (secondary N) is 2. The van der Waals surface area contributed by atoms with E-state index in [0.717, 1.165) is 5.56 Å². The Bertz CT molecular complexity index is 461. The molecule has 1 saturated heterocycles. The molecule has 5 heteroatoms. The van der Waals surface area contributed by atoms with E-state index in [1.807, 2.05) is 37.3 Å². The van der Waals surface area contributed by atoms with Crippen molar-refractivity contribution < 1.29 is 9.59 Å².